The molecule has 26 heavy (non-hydrogen) atoms. The third-order valence-corrected chi connectivity index (χ3v) is 6.80. The maximum Gasteiger partial charge on any atom is 0.212 e. The van der Waals surface area contributed by atoms with Gasteiger partial charge in [0.1, 0.15) is 0 Å². The van der Waals surface area contributed by atoms with Crippen LogP contribution in [0.5, 0.6) is 0 Å². The number of hydrogen-bond acceptors (Lipinski definition) is 3. The largest absolute Gasteiger partial charge is 0.228 e. The summed E-state index contributed by atoms with van der Waals surface area (Å²) in [5.41, 5.74) is 4.56. The van der Waals surface area contributed by atoms with E-state index in [1.165, 1.54) is 23.5 Å². The Balaban J connectivity index is 2.09. The Bertz CT molecular complexity index is 925. The molecule has 0 aliphatic heterocycles. The smallest absolute Gasteiger partial charge is 0.212 e. The van der Waals surface area contributed by atoms with Gasteiger partial charge in [-0.3, -0.25) is 0 Å². The van der Waals surface area contributed by atoms with Gasteiger partial charge < -0.3 is 0 Å². The van der Waals surface area contributed by atoms with Gasteiger partial charge in [0.2, 0.25) is 5.95 Å². The first kappa shape index (κ1) is 18.8. The second-order valence-electron chi connectivity index (χ2n) is 7.18. The molecule has 138 valence electrons. The van der Waals surface area contributed by atoms with E-state index in [0.29, 0.717) is 4.90 Å². The second-order valence-corrected chi connectivity index (χ2v) is 9.20. The topological polar surface area (TPSA) is 47.0 Å². The zero-order valence-electron chi connectivity index (χ0n) is 15.4. The van der Waals surface area contributed by atoms with Crippen LogP contribution in [0.2, 0.25) is 0 Å². The first-order valence-electron chi connectivity index (χ1n) is 8.92. The average Bonchev–Trinajstić information content (AvgIpc) is 3.02. The van der Waals surface area contributed by atoms with E-state index in [2.05, 4.69) is 18.8 Å². The molecule has 3 rings (SSSR count). The summed E-state index contributed by atoms with van der Waals surface area (Å²) < 4.78 is 36.7. The fourth-order valence-electron chi connectivity index (χ4n) is 3.79. The molecule has 0 bridgehead atoms. The van der Waals surface area contributed by atoms with Crippen molar-refractivity contribution >= 4 is 21.0 Å². The van der Waals surface area contributed by atoms with Gasteiger partial charge in [0.05, 0.1) is 4.90 Å². The third kappa shape index (κ3) is 3.58. The van der Waals surface area contributed by atoms with Crippen molar-refractivity contribution in [1.29, 1.82) is 0 Å². The lowest BCUT2D eigenvalue weighted by molar-refractivity contribution is 0.291. The lowest BCUT2D eigenvalue weighted by atomic mass is 9.78. The Labute approximate surface area is 154 Å². The number of aromatic nitrogens is 1. The fraction of sp³-hybridized carbons (Fsp3) is 0.381. The second kappa shape index (κ2) is 6.95. The zero-order valence-corrected chi connectivity index (χ0v) is 16.2. The Hall–Kier alpha value is -2.01. The van der Waals surface area contributed by atoms with Crippen LogP contribution in [-0.2, 0) is 9.84 Å². The molecule has 1 aliphatic carbocycles. The number of halogens is 1. The highest BCUT2D eigenvalue weighted by Crippen LogP contribution is 2.53. The van der Waals surface area contributed by atoms with Gasteiger partial charge in [0.15, 0.2) is 9.84 Å². The first-order valence-corrected chi connectivity index (χ1v) is 10.8. The number of pyridine rings is 1. The van der Waals surface area contributed by atoms with E-state index in [0.717, 1.165) is 36.8 Å². The summed E-state index contributed by atoms with van der Waals surface area (Å²) in [6.07, 6.45) is 6.79. The fourth-order valence-corrected chi connectivity index (χ4v) is 4.42. The SMILES string of the molecule is CCC1(CC)CC(c2ccc(S(C)(=O)=O)cc2)=C(c2ccc(F)nc2)C1. The minimum atomic E-state index is -3.21. The monoisotopic (exact) mass is 373 g/mol. The summed E-state index contributed by atoms with van der Waals surface area (Å²) in [6.45, 7) is 4.42. The normalized spacial score (nSPS) is 16.9. The van der Waals surface area contributed by atoms with Gasteiger partial charge in [-0.2, -0.15) is 4.39 Å². The highest BCUT2D eigenvalue weighted by Gasteiger charge is 2.36. The molecule has 2 aromatic rings. The molecule has 1 aromatic heterocycles. The van der Waals surface area contributed by atoms with Crippen LogP contribution in [0.3, 0.4) is 0 Å². The molecular weight excluding hydrogens is 349 g/mol. The molecule has 0 unspecified atom stereocenters. The van der Waals surface area contributed by atoms with Crippen molar-refractivity contribution in [2.45, 2.75) is 44.4 Å². The summed E-state index contributed by atoms with van der Waals surface area (Å²) in [7, 11) is -3.21. The van der Waals surface area contributed by atoms with Gasteiger partial charge in [-0.1, -0.05) is 26.0 Å². The van der Waals surface area contributed by atoms with Gasteiger partial charge in [-0.25, -0.2) is 13.4 Å². The predicted molar refractivity (Wildman–Crippen MR) is 103 cm³/mol. The summed E-state index contributed by atoms with van der Waals surface area (Å²) in [5.74, 6) is -0.483. The molecule has 1 aliphatic rings. The highest BCUT2D eigenvalue weighted by molar-refractivity contribution is 7.90. The lowest BCUT2D eigenvalue weighted by Gasteiger charge is -2.26. The Morgan fingerprint density at radius 3 is 1.96 bits per heavy atom. The maximum absolute atomic E-state index is 13.3. The molecule has 0 amide bonds. The summed E-state index contributed by atoms with van der Waals surface area (Å²) in [5, 5.41) is 0. The molecule has 0 fully saturated rings. The van der Waals surface area contributed by atoms with Crippen molar-refractivity contribution in [3.05, 3.63) is 59.7 Å². The summed E-state index contributed by atoms with van der Waals surface area (Å²) in [6, 6.07) is 10.3. The van der Waals surface area contributed by atoms with Crippen LogP contribution in [-0.4, -0.2) is 19.7 Å². The average molecular weight is 373 g/mol. The van der Waals surface area contributed by atoms with Crippen molar-refractivity contribution in [3.8, 4) is 0 Å². The van der Waals surface area contributed by atoms with E-state index in [-0.39, 0.29) is 5.41 Å². The molecule has 0 saturated heterocycles. The van der Waals surface area contributed by atoms with Crippen molar-refractivity contribution in [2.24, 2.45) is 5.41 Å². The van der Waals surface area contributed by atoms with E-state index >= 15 is 0 Å². The Morgan fingerprint density at radius 1 is 0.962 bits per heavy atom. The van der Waals surface area contributed by atoms with Gasteiger partial charge in [-0.05, 0) is 77.6 Å². The van der Waals surface area contributed by atoms with Gasteiger partial charge in [-0.15, -0.1) is 0 Å². The quantitative estimate of drug-likeness (QED) is 0.682. The number of rotatable bonds is 5. The molecule has 0 atom stereocenters. The predicted octanol–water partition coefficient (Wildman–Crippen LogP) is 5.14. The van der Waals surface area contributed by atoms with E-state index in [9.17, 15) is 12.8 Å². The van der Waals surface area contributed by atoms with Gasteiger partial charge >= 0.3 is 0 Å². The summed E-state index contributed by atoms with van der Waals surface area (Å²) >= 11 is 0. The molecule has 0 spiro atoms. The molecule has 3 nitrogen and oxygen atoms in total. The van der Waals surface area contributed by atoms with Crippen molar-refractivity contribution in [2.75, 3.05) is 6.26 Å². The van der Waals surface area contributed by atoms with E-state index in [4.69, 9.17) is 0 Å². The standard InChI is InChI=1S/C21H24FNO2S/c1-4-21(5-2)12-18(15-6-9-17(10-7-15)26(3,24)25)19(13-21)16-8-11-20(22)23-14-16/h6-11,14H,4-5,12-13H2,1-3H3. The Morgan fingerprint density at radius 2 is 1.50 bits per heavy atom. The van der Waals surface area contributed by atoms with Crippen LogP contribution < -0.4 is 0 Å². The zero-order chi connectivity index (χ0) is 18.9. The molecule has 1 aromatic carbocycles. The summed E-state index contributed by atoms with van der Waals surface area (Å²) in [4.78, 5) is 4.14. The minimum absolute atomic E-state index is 0.189. The number of benzene rings is 1. The van der Waals surface area contributed by atoms with Crippen molar-refractivity contribution < 1.29 is 12.8 Å². The number of allylic oxidation sites excluding steroid dienone is 2. The van der Waals surface area contributed by atoms with Crippen LogP contribution in [0.15, 0.2) is 47.5 Å². The molecule has 5 heteroatoms. The van der Waals surface area contributed by atoms with Crippen LogP contribution in [0.1, 0.15) is 50.7 Å². The molecule has 0 radical (unpaired) electrons. The van der Waals surface area contributed by atoms with Crippen molar-refractivity contribution in [3.63, 3.8) is 0 Å². The number of hydrogen-bond donors (Lipinski definition) is 0. The highest BCUT2D eigenvalue weighted by atomic mass is 32.2. The molecule has 1 heterocycles. The number of nitrogens with zero attached hydrogens (tertiary/aromatic N) is 1. The minimum Gasteiger partial charge on any atom is -0.228 e. The van der Waals surface area contributed by atoms with Crippen molar-refractivity contribution in [1.82, 2.24) is 4.98 Å². The molecule has 0 saturated carbocycles. The first-order chi connectivity index (χ1) is 12.3. The third-order valence-electron chi connectivity index (χ3n) is 5.67. The van der Waals surface area contributed by atoms with Crippen LogP contribution in [0.4, 0.5) is 4.39 Å². The van der Waals surface area contributed by atoms with Crippen LogP contribution in [0, 0.1) is 11.4 Å². The van der Waals surface area contributed by atoms with Crippen LogP contribution >= 0.6 is 0 Å². The Kier molecular flexibility index (Phi) is 5.02. The van der Waals surface area contributed by atoms with Gasteiger partial charge in [0, 0.05) is 12.5 Å². The van der Waals surface area contributed by atoms with E-state index < -0.39 is 15.8 Å². The maximum atomic E-state index is 13.3. The van der Waals surface area contributed by atoms with E-state index in [1.807, 2.05) is 12.1 Å². The van der Waals surface area contributed by atoms with Gasteiger partial charge in [0.25, 0.3) is 0 Å². The number of sulfone groups is 1. The van der Waals surface area contributed by atoms with E-state index in [1.54, 1.807) is 24.4 Å². The van der Waals surface area contributed by atoms with Crippen LogP contribution in [0.25, 0.3) is 11.1 Å². The molecular formula is C21H24FNO2S. The molecule has 0 N–H and O–H groups in total. The lowest BCUT2D eigenvalue weighted by Crippen LogP contribution is -2.14.